The zero-order valence-electron chi connectivity index (χ0n) is 6.15. The minimum atomic E-state index is 0.302. The Kier molecular flexibility index (Phi) is 1.64. The Balaban J connectivity index is 1.92. The Bertz CT molecular complexity index is 113. The van der Waals surface area contributed by atoms with Crippen LogP contribution < -0.4 is 10.6 Å². The van der Waals surface area contributed by atoms with Gasteiger partial charge in [0, 0.05) is 6.54 Å². The molecule has 3 nitrogen and oxygen atoms in total. The first kappa shape index (κ1) is 6.58. The third-order valence-corrected chi connectivity index (χ3v) is 2.25. The van der Waals surface area contributed by atoms with E-state index < -0.39 is 0 Å². The molecule has 0 aliphatic carbocycles. The lowest BCUT2D eigenvalue weighted by Gasteiger charge is -2.41. The van der Waals surface area contributed by atoms with E-state index in [2.05, 4.69) is 10.6 Å². The second-order valence-electron chi connectivity index (χ2n) is 3.23. The highest BCUT2D eigenvalue weighted by atomic mass is 16.5. The normalized spacial score (nSPS) is 31.2. The Morgan fingerprint density at radius 2 is 2.10 bits per heavy atom. The summed E-state index contributed by atoms with van der Waals surface area (Å²) in [6.07, 6.45) is 1.24. The van der Waals surface area contributed by atoms with Crippen molar-refractivity contribution in [3.05, 3.63) is 0 Å². The fourth-order valence-corrected chi connectivity index (χ4v) is 1.51. The van der Waals surface area contributed by atoms with Gasteiger partial charge in [-0.2, -0.15) is 0 Å². The number of ether oxygens (including phenoxy) is 1. The predicted molar refractivity (Wildman–Crippen MR) is 39.0 cm³/mol. The minimum Gasteiger partial charge on any atom is -0.377 e. The van der Waals surface area contributed by atoms with Crippen LogP contribution in [0, 0.1) is 0 Å². The number of nitrogens with one attached hydrogen (secondary N) is 2. The lowest BCUT2D eigenvalue weighted by atomic mass is 9.98. The standard InChI is InChI=1S/C7H14N2O/c1-2-8-4-7(9-3-1)5-10-6-7/h8-9H,1-6H2. The molecule has 2 rings (SSSR count). The van der Waals surface area contributed by atoms with Gasteiger partial charge in [0.1, 0.15) is 0 Å². The van der Waals surface area contributed by atoms with Gasteiger partial charge in [-0.05, 0) is 19.5 Å². The fraction of sp³-hybridized carbons (Fsp3) is 1.00. The Labute approximate surface area is 61.1 Å². The van der Waals surface area contributed by atoms with Crippen molar-refractivity contribution in [3.8, 4) is 0 Å². The van der Waals surface area contributed by atoms with Gasteiger partial charge < -0.3 is 15.4 Å². The van der Waals surface area contributed by atoms with Gasteiger partial charge in [-0.25, -0.2) is 0 Å². The fourth-order valence-electron chi connectivity index (χ4n) is 1.51. The maximum absolute atomic E-state index is 5.17. The SMILES string of the molecule is C1CNCC2(COC2)NC1. The van der Waals surface area contributed by atoms with Crippen molar-refractivity contribution in [1.29, 1.82) is 0 Å². The molecule has 2 heterocycles. The first-order chi connectivity index (χ1) is 4.91. The summed E-state index contributed by atoms with van der Waals surface area (Å²) in [7, 11) is 0. The molecular weight excluding hydrogens is 128 g/mol. The molecule has 2 N–H and O–H groups in total. The van der Waals surface area contributed by atoms with Crippen molar-refractivity contribution in [2.24, 2.45) is 0 Å². The summed E-state index contributed by atoms with van der Waals surface area (Å²) in [6, 6.07) is 0. The van der Waals surface area contributed by atoms with Gasteiger partial charge >= 0.3 is 0 Å². The summed E-state index contributed by atoms with van der Waals surface area (Å²) in [6.45, 7) is 5.14. The van der Waals surface area contributed by atoms with Crippen LogP contribution in [0.1, 0.15) is 6.42 Å². The number of hydrogen-bond donors (Lipinski definition) is 2. The van der Waals surface area contributed by atoms with Crippen LogP contribution in [-0.2, 0) is 4.74 Å². The molecule has 2 saturated heterocycles. The molecular formula is C7H14N2O. The molecule has 2 aliphatic rings. The van der Waals surface area contributed by atoms with E-state index >= 15 is 0 Å². The Morgan fingerprint density at radius 1 is 1.20 bits per heavy atom. The zero-order valence-corrected chi connectivity index (χ0v) is 6.15. The van der Waals surface area contributed by atoms with Crippen LogP contribution in [0.4, 0.5) is 0 Å². The molecule has 2 fully saturated rings. The smallest absolute Gasteiger partial charge is 0.0779 e. The Hall–Kier alpha value is -0.120. The maximum atomic E-state index is 5.17. The average molecular weight is 142 g/mol. The van der Waals surface area contributed by atoms with Crippen LogP contribution in [0.2, 0.25) is 0 Å². The van der Waals surface area contributed by atoms with E-state index in [-0.39, 0.29) is 0 Å². The molecule has 58 valence electrons. The van der Waals surface area contributed by atoms with Gasteiger partial charge in [0.25, 0.3) is 0 Å². The molecule has 1 spiro atoms. The average Bonchev–Trinajstić information content (AvgIpc) is 2.08. The first-order valence-corrected chi connectivity index (χ1v) is 3.95. The van der Waals surface area contributed by atoms with Crippen molar-refractivity contribution >= 4 is 0 Å². The molecule has 0 aromatic rings. The van der Waals surface area contributed by atoms with Crippen LogP contribution in [0.15, 0.2) is 0 Å². The van der Waals surface area contributed by atoms with Crippen molar-refractivity contribution in [1.82, 2.24) is 10.6 Å². The molecule has 0 bridgehead atoms. The number of hydrogen-bond acceptors (Lipinski definition) is 3. The molecule has 3 heteroatoms. The van der Waals surface area contributed by atoms with Crippen LogP contribution in [0.25, 0.3) is 0 Å². The quantitative estimate of drug-likeness (QED) is 0.471. The molecule has 0 saturated carbocycles. The van der Waals surface area contributed by atoms with E-state index in [1.54, 1.807) is 0 Å². The molecule has 0 unspecified atom stereocenters. The third-order valence-electron chi connectivity index (χ3n) is 2.25. The highest BCUT2D eigenvalue weighted by molar-refractivity contribution is 4.97. The first-order valence-electron chi connectivity index (χ1n) is 3.95. The highest BCUT2D eigenvalue weighted by Gasteiger charge is 2.38. The van der Waals surface area contributed by atoms with Crippen molar-refractivity contribution in [2.75, 3.05) is 32.8 Å². The van der Waals surface area contributed by atoms with E-state index in [1.807, 2.05) is 0 Å². The zero-order chi connectivity index (χ0) is 6.86. The molecule has 0 aromatic heterocycles. The molecule has 0 atom stereocenters. The van der Waals surface area contributed by atoms with Crippen molar-refractivity contribution < 1.29 is 4.74 Å². The second kappa shape index (κ2) is 2.49. The van der Waals surface area contributed by atoms with E-state index in [0.29, 0.717) is 5.54 Å². The number of rotatable bonds is 0. The predicted octanol–water partition coefficient (Wildman–Crippen LogP) is -0.662. The van der Waals surface area contributed by atoms with E-state index in [4.69, 9.17) is 4.74 Å². The van der Waals surface area contributed by atoms with Crippen LogP contribution in [-0.4, -0.2) is 38.4 Å². The largest absolute Gasteiger partial charge is 0.377 e. The maximum Gasteiger partial charge on any atom is 0.0779 e. The van der Waals surface area contributed by atoms with E-state index in [9.17, 15) is 0 Å². The summed E-state index contributed by atoms with van der Waals surface area (Å²) < 4.78 is 5.17. The minimum absolute atomic E-state index is 0.302. The van der Waals surface area contributed by atoms with Gasteiger partial charge in [-0.1, -0.05) is 0 Å². The molecule has 10 heavy (non-hydrogen) atoms. The van der Waals surface area contributed by atoms with Gasteiger partial charge in [0.05, 0.1) is 18.8 Å². The van der Waals surface area contributed by atoms with Crippen LogP contribution in [0.3, 0.4) is 0 Å². The summed E-state index contributed by atoms with van der Waals surface area (Å²) in [5.74, 6) is 0. The molecule has 2 aliphatic heterocycles. The van der Waals surface area contributed by atoms with Gasteiger partial charge in [-0.3, -0.25) is 0 Å². The molecule has 0 amide bonds. The monoisotopic (exact) mass is 142 g/mol. The van der Waals surface area contributed by atoms with E-state index in [1.165, 1.54) is 6.42 Å². The lowest BCUT2D eigenvalue weighted by molar-refractivity contribution is -0.0695. The lowest BCUT2D eigenvalue weighted by Crippen LogP contribution is -2.64. The van der Waals surface area contributed by atoms with Gasteiger partial charge in [-0.15, -0.1) is 0 Å². The summed E-state index contributed by atoms with van der Waals surface area (Å²) in [5, 5.41) is 6.90. The molecule has 0 radical (unpaired) electrons. The van der Waals surface area contributed by atoms with Crippen LogP contribution >= 0.6 is 0 Å². The molecule has 0 aromatic carbocycles. The van der Waals surface area contributed by atoms with Crippen molar-refractivity contribution in [2.45, 2.75) is 12.0 Å². The topological polar surface area (TPSA) is 33.3 Å². The van der Waals surface area contributed by atoms with Gasteiger partial charge in [0.15, 0.2) is 0 Å². The Morgan fingerprint density at radius 3 is 2.80 bits per heavy atom. The van der Waals surface area contributed by atoms with E-state index in [0.717, 1.165) is 32.8 Å². The van der Waals surface area contributed by atoms with Crippen molar-refractivity contribution in [3.63, 3.8) is 0 Å². The van der Waals surface area contributed by atoms with Gasteiger partial charge in [0.2, 0.25) is 0 Å². The summed E-state index contributed by atoms with van der Waals surface area (Å²) in [4.78, 5) is 0. The highest BCUT2D eigenvalue weighted by Crippen LogP contribution is 2.16. The summed E-state index contributed by atoms with van der Waals surface area (Å²) >= 11 is 0. The summed E-state index contributed by atoms with van der Waals surface area (Å²) in [5.41, 5.74) is 0.302. The van der Waals surface area contributed by atoms with Crippen LogP contribution in [0.5, 0.6) is 0 Å². The third kappa shape index (κ3) is 1.05. The second-order valence-corrected chi connectivity index (χ2v) is 3.23.